The van der Waals surface area contributed by atoms with Crippen molar-refractivity contribution in [3.05, 3.63) is 71.9 Å². The summed E-state index contributed by atoms with van der Waals surface area (Å²) in [7, 11) is 3.16. The minimum Gasteiger partial charge on any atom is -0.453 e. The Hall–Kier alpha value is -4.47. The molecule has 1 N–H and O–H groups in total. The number of rotatable bonds is 3. The zero-order chi connectivity index (χ0) is 24.7. The third-order valence-corrected chi connectivity index (χ3v) is 6.07. The van der Waals surface area contributed by atoms with Gasteiger partial charge in [0.15, 0.2) is 0 Å². The number of hydrogen-bond acceptors (Lipinski definition) is 6. The first-order valence-corrected chi connectivity index (χ1v) is 11.0. The molecule has 0 radical (unpaired) electrons. The van der Waals surface area contributed by atoms with Gasteiger partial charge >= 0.3 is 6.09 Å². The summed E-state index contributed by atoms with van der Waals surface area (Å²) in [4.78, 5) is 37.4. The number of benzene rings is 2. The van der Waals surface area contributed by atoms with Gasteiger partial charge in [0.25, 0.3) is 5.91 Å². The van der Waals surface area contributed by atoms with Gasteiger partial charge < -0.3 is 14.5 Å². The first-order chi connectivity index (χ1) is 16.9. The van der Waals surface area contributed by atoms with Crippen LogP contribution in [0.2, 0.25) is 0 Å². The Kier molecular flexibility index (Phi) is 5.56. The number of methoxy groups -OCH3 is 1. The molecule has 178 valence electrons. The molecule has 0 saturated carbocycles. The van der Waals surface area contributed by atoms with Gasteiger partial charge in [-0.3, -0.25) is 14.7 Å². The van der Waals surface area contributed by atoms with Crippen molar-refractivity contribution in [2.75, 3.05) is 42.4 Å². The Morgan fingerprint density at radius 1 is 1.06 bits per heavy atom. The second kappa shape index (κ2) is 8.71. The topological polar surface area (TPSA) is 92.6 Å². The molecule has 0 aliphatic carbocycles. The van der Waals surface area contributed by atoms with E-state index >= 15 is 0 Å². The Morgan fingerprint density at radius 3 is 2.63 bits per heavy atom. The van der Waals surface area contributed by atoms with E-state index in [1.54, 1.807) is 41.7 Å². The number of nitrogens with zero attached hydrogens (tertiary/aromatic N) is 5. The number of fused-ring (bicyclic) bond motifs is 2. The fourth-order valence-corrected chi connectivity index (χ4v) is 4.27. The number of imidazole rings is 1. The second-order valence-corrected chi connectivity index (χ2v) is 8.31. The first-order valence-electron chi connectivity index (χ1n) is 11.0. The molecule has 3 heterocycles. The van der Waals surface area contributed by atoms with Crippen molar-refractivity contribution in [1.82, 2.24) is 14.5 Å². The molecule has 9 nitrogen and oxygen atoms in total. The molecular formula is C25H23FN6O3. The lowest BCUT2D eigenvalue weighted by atomic mass is 10.1. The average molecular weight is 474 g/mol. The maximum atomic E-state index is 13.9. The summed E-state index contributed by atoms with van der Waals surface area (Å²) in [6.45, 7) is 2.99. The number of amides is 2. The van der Waals surface area contributed by atoms with Gasteiger partial charge in [-0.05, 0) is 55.0 Å². The largest absolute Gasteiger partial charge is 0.453 e. The maximum Gasteiger partial charge on any atom is 0.412 e. The highest BCUT2D eigenvalue weighted by atomic mass is 19.1. The molecule has 1 aliphatic rings. The number of nitrogens with one attached hydrogen (secondary N) is 1. The highest BCUT2D eigenvalue weighted by Gasteiger charge is 2.27. The number of pyridine rings is 1. The van der Waals surface area contributed by atoms with Gasteiger partial charge in [0, 0.05) is 25.7 Å². The summed E-state index contributed by atoms with van der Waals surface area (Å²) in [6, 6.07) is 11.5. The number of halogens is 1. The third-order valence-electron chi connectivity index (χ3n) is 6.07. The zero-order valence-electron chi connectivity index (χ0n) is 19.4. The van der Waals surface area contributed by atoms with E-state index in [9.17, 15) is 14.0 Å². The molecule has 0 atom stereocenters. The number of hydrogen-bond donors (Lipinski definition) is 1. The van der Waals surface area contributed by atoms with Crippen LogP contribution in [-0.4, -0.2) is 53.8 Å². The van der Waals surface area contributed by atoms with Crippen molar-refractivity contribution in [2.24, 2.45) is 0 Å². The molecule has 0 saturated heterocycles. The van der Waals surface area contributed by atoms with Crippen LogP contribution in [0.15, 0.2) is 55.0 Å². The van der Waals surface area contributed by atoms with Crippen LogP contribution in [-0.2, 0) is 4.74 Å². The number of carbonyl (C=O) groups excluding carboxylic acids is 2. The van der Waals surface area contributed by atoms with Gasteiger partial charge in [-0.1, -0.05) is 0 Å². The van der Waals surface area contributed by atoms with Gasteiger partial charge in [-0.25, -0.2) is 19.2 Å². The van der Waals surface area contributed by atoms with Gasteiger partial charge in [-0.15, -0.1) is 0 Å². The summed E-state index contributed by atoms with van der Waals surface area (Å²) in [6.07, 6.45) is 2.66. The van der Waals surface area contributed by atoms with Crippen LogP contribution in [0.25, 0.3) is 16.7 Å². The van der Waals surface area contributed by atoms with Crippen LogP contribution in [0.1, 0.15) is 15.9 Å². The summed E-state index contributed by atoms with van der Waals surface area (Å²) in [5, 5.41) is 2.51. The Labute approximate surface area is 200 Å². The standard InChI is InChI=1S/C25H23FN6O3/c1-15-10-16(24(33)31-9-8-30(2)20-12-17(26)4-6-19(20)31)11-21-23(15)28-14-32(21)18-5-7-22(27-13-18)29-25(34)35-3/h4-7,10-14H,8-9H2,1-3H3,(H,27,29,34). The molecule has 10 heteroatoms. The van der Waals surface area contributed by atoms with E-state index < -0.39 is 6.09 Å². The van der Waals surface area contributed by atoms with E-state index in [1.165, 1.54) is 19.2 Å². The molecule has 0 bridgehead atoms. The molecule has 0 spiro atoms. The molecule has 2 aromatic carbocycles. The highest BCUT2D eigenvalue weighted by molar-refractivity contribution is 6.10. The summed E-state index contributed by atoms with van der Waals surface area (Å²) in [5.74, 6) is -0.158. The van der Waals surface area contributed by atoms with Crippen molar-refractivity contribution in [3.8, 4) is 5.69 Å². The van der Waals surface area contributed by atoms with Gasteiger partial charge in [-0.2, -0.15) is 0 Å². The van der Waals surface area contributed by atoms with Crippen molar-refractivity contribution in [1.29, 1.82) is 0 Å². The average Bonchev–Trinajstić information content (AvgIpc) is 3.29. The van der Waals surface area contributed by atoms with Crippen molar-refractivity contribution in [2.45, 2.75) is 6.92 Å². The smallest absolute Gasteiger partial charge is 0.412 e. The normalized spacial score (nSPS) is 13.0. The second-order valence-electron chi connectivity index (χ2n) is 8.31. The monoisotopic (exact) mass is 474 g/mol. The predicted molar refractivity (Wildman–Crippen MR) is 131 cm³/mol. The summed E-state index contributed by atoms with van der Waals surface area (Å²) < 4.78 is 20.3. The molecular weight excluding hydrogens is 451 g/mol. The Morgan fingerprint density at radius 2 is 1.89 bits per heavy atom. The van der Waals surface area contributed by atoms with Crippen LogP contribution in [0.3, 0.4) is 0 Å². The van der Waals surface area contributed by atoms with E-state index in [0.29, 0.717) is 41.5 Å². The zero-order valence-corrected chi connectivity index (χ0v) is 19.4. The lowest BCUT2D eigenvalue weighted by Crippen LogP contribution is -2.42. The SMILES string of the molecule is COC(=O)Nc1ccc(-n2cnc3c(C)cc(C(=O)N4CCN(C)c5cc(F)ccc54)cc32)cn1. The first kappa shape index (κ1) is 22.3. The fourth-order valence-electron chi connectivity index (χ4n) is 4.27. The molecule has 0 fully saturated rings. The fraction of sp³-hybridized carbons (Fsp3) is 0.200. The number of aromatic nitrogens is 3. The lowest BCUT2D eigenvalue weighted by molar-refractivity contribution is 0.0986. The van der Waals surface area contributed by atoms with Crippen molar-refractivity contribution in [3.63, 3.8) is 0 Å². The number of ether oxygens (including phenoxy) is 1. The molecule has 35 heavy (non-hydrogen) atoms. The van der Waals surface area contributed by atoms with E-state index in [0.717, 1.165) is 16.6 Å². The molecule has 4 aromatic rings. The highest BCUT2D eigenvalue weighted by Crippen LogP contribution is 2.34. The van der Waals surface area contributed by atoms with Crippen LogP contribution >= 0.6 is 0 Å². The van der Waals surface area contributed by atoms with Crippen LogP contribution in [0.4, 0.5) is 26.4 Å². The summed E-state index contributed by atoms with van der Waals surface area (Å²) >= 11 is 0. The third kappa shape index (κ3) is 4.03. The number of anilines is 3. The minimum atomic E-state index is -0.606. The molecule has 0 unspecified atom stereocenters. The summed E-state index contributed by atoms with van der Waals surface area (Å²) in [5.41, 5.74) is 4.95. The predicted octanol–water partition coefficient (Wildman–Crippen LogP) is 4.14. The number of aryl methyl sites for hydroxylation is 1. The Balaban J connectivity index is 1.51. The maximum absolute atomic E-state index is 13.9. The Bertz CT molecular complexity index is 1450. The van der Waals surface area contributed by atoms with E-state index in [4.69, 9.17) is 0 Å². The van der Waals surface area contributed by atoms with E-state index in [-0.39, 0.29) is 11.7 Å². The van der Waals surface area contributed by atoms with Gasteiger partial charge in [0.05, 0.1) is 41.4 Å². The van der Waals surface area contributed by atoms with Gasteiger partial charge in [0.1, 0.15) is 18.0 Å². The molecule has 2 aromatic heterocycles. The lowest BCUT2D eigenvalue weighted by Gasteiger charge is -2.35. The van der Waals surface area contributed by atoms with Crippen LogP contribution in [0.5, 0.6) is 0 Å². The minimum absolute atomic E-state index is 0.167. The van der Waals surface area contributed by atoms with Crippen LogP contribution < -0.4 is 15.1 Å². The molecule has 5 rings (SSSR count). The van der Waals surface area contributed by atoms with Crippen LogP contribution in [0, 0.1) is 12.7 Å². The van der Waals surface area contributed by atoms with Gasteiger partial charge in [0.2, 0.25) is 0 Å². The van der Waals surface area contributed by atoms with E-state index in [2.05, 4.69) is 20.0 Å². The van der Waals surface area contributed by atoms with Crippen molar-refractivity contribution < 1.29 is 18.7 Å². The molecule has 1 aliphatic heterocycles. The van der Waals surface area contributed by atoms with Crippen molar-refractivity contribution >= 4 is 40.2 Å². The number of carbonyl (C=O) groups is 2. The quantitative estimate of drug-likeness (QED) is 0.480. The van der Waals surface area contributed by atoms with E-state index in [1.807, 2.05) is 29.5 Å². The molecule has 2 amide bonds. The number of likely N-dealkylation sites (N-methyl/N-ethyl adjacent to an activating group) is 1.